The summed E-state index contributed by atoms with van der Waals surface area (Å²) in [6.45, 7) is 2.71. The Balaban J connectivity index is 1.61. The lowest BCUT2D eigenvalue weighted by Gasteiger charge is -2.08. The monoisotopic (exact) mass is 496 g/mol. The molecule has 1 amide bonds. The van der Waals surface area contributed by atoms with E-state index in [4.69, 9.17) is 4.74 Å². The number of benzene rings is 2. The number of hydrogen-bond acceptors (Lipinski definition) is 6. The van der Waals surface area contributed by atoms with Gasteiger partial charge in [-0.25, -0.2) is 0 Å². The molecular weight excluding hydrogens is 480 g/mol. The highest BCUT2D eigenvalue weighted by Crippen LogP contribution is 2.36. The smallest absolute Gasteiger partial charge is 0.291 e. The van der Waals surface area contributed by atoms with Crippen molar-refractivity contribution in [3.05, 3.63) is 67.4 Å². The molecule has 0 unspecified atom stereocenters. The SMILES string of the molecule is CCCOc1ccc(-c2nc3s/c(=C4\C(=O)N(C)c5ccc(Br)cc54)c(=O)n3n2)cc1. The maximum atomic E-state index is 13.1. The largest absolute Gasteiger partial charge is 0.494 e. The summed E-state index contributed by atoms with van der Waals surface area (Å²) in [6, 6.07) is 13.0. The maximum absolute atomic E-state index is 13.1. The standard InChI is InChI=1S/C22H17BrN4O3S/c1-3-10-30-14-7-4-12(5-8-14)19-24-22-27(25-19)21(29)18(31-22)17-15-11-13(23)6-9-16(15)26(2)20(17)28/h4-9,11H,3,10H2,1-2H3/b18-17-. The van der Waals surface area contributed by atoms with Gasteiger partial charge in [0.15, 0.2) is 5.82 Å². The second kappa shape index (κ2) is 7.58. The molecule has 5 rings (SSSR count). The third-order valence-corrected chi connectivity index (χ3v) is 6.60. The van der Waals surface area contributed by atoms with Crippen molar-refractivity contribution in [2.45, 2.75) is 13.3 Å². The minimum atomic E-state index is -0.341. The summed E-state index contributed by atoms with van der Waals surface area (Å²) in [6.07, 6.45) is 0.938. The zero-order valence-corrected chi connectivity index (χ0v) is 19.2. The third-order valence-electron chi connectivity index (χ3n) is 5.08. The fraction of sp³-hybridized carbons (Fsp3) is 0.182. The third kappa shape index (κ3) is 3.24. The molecule has 0 spiro atoms. The van der Waals surface area contributed by atoms with Crippen molar-refractivity contribution in [2.24, 2.45) is 0 Å². The van der Waals surface area contributed by atoms with Gasteiger partial charge in [0.2, 0.25) is 4.96 Å². The first-order valence-electron chi connectivity index (χ1n) is 9.73. The van der Waals surface area contributed by atoms with Gasteiger partial charge in [-0.3, -0.25) is 9.59 Å². The van der Waals surface area contributed by atoms with Gasteiger partial charge in [-0.1, -0.05) is 34.2 Å². The number of anilines is 1. The molecule has 0 aliphatic carbocycles. The minimum Gasteiger partial charge on any atom is -0.494 e. The van der Waals surface area contributed by atoms with Gasteiger partial charge < -0.3 is 9.64 Å². The molecule has 31 heavy (non-hydrogen) atoms. The first-order valence-corrected chi connectivity index (χ1v) is 11.3. The van der Waals surface area contributed by atoms with Crippen molar-refractivity contribution in [3.63, 3.8) is 0 Å². The Morgan fingerprint density at radius 2 is 1.90 bits per heavy atom. The molecule has 0 atom stereocenters. The van der Waals surface area contributed by atoms with Crippen LogP contribution in [0.4, 0.5) is 5.69 Å². The number of hydrogen-bond donors (Lipinski definition) is 0. The highest BCUT2D eigenvalue weighted by atomic mass is 79.9. The number of rotatable bonds is 4. The number of nitrogens with zero attached hydrogens (tertiary/aromatic N) is 4. The number of halogens is 1. The molecule has 0 radical (unpaired) electrons. The Bertz CT molecular complexity index is 1440. The summed E-state index contributed by atoms with van der Waals surface area (Å²) >= 11 is 4.63. The van der Waals surface area contributed by atoms with E-state index in [1.54, 1.807) is 11.9 Å². The zero-order valence-electron chi connectivity index (χ0n) is 16.8. The summed E-state index contributed by atoms with van der Waals surface area (Å²) in [5.74, 6) is 1.03. The predicted octanol–water partition coefficient (Wildman–Crippen LogP) is 3.26. The molecular formula is C22H17BrN4O3S. The van der Waals surface area contributed by atoms with Gasteiger partial charge in [0.05, 0.1) is 17.9 Å². The molecule has 2 aromatic heterocycles. The number of likely N-dealkylation sites (N-methyl/N-ethyl adjacent to an activating group) is 1. The van der Waals surface area contributed by atoms with Crippen LogP contribution < -0.4 is 19.7 Å². The summed E-state index contributed by atoms with van der Waals surface area (Å²) in [4.78, 5) is 32.6. The Morgan fingerprint density at radius 3 is 2.61 bits per heavy atom. The van der Waals surface area contributed by atoms with Crippen LogP contribution in [-0.4, -0.2) is 34.2 Å². The van der Waals surface area contributed by atoms with Crippen molar-refractivity contribution >= 4 is 49.4 Å². The van der Waals surface area contributed by atoms with Gasteiger partial charge in [-0.05, 0) is 48.9 Å². The Labute approximate surface area is 189 Å². The first-order chi connectivity index (χ1) is 15.0. The van der Waals surface area contributed by atoms with Crippen LogP contribution in [0.3, 0.4) is 0 Å². The highest BCUT2D eigenvalue weighted by Gasteiger charge is 2.32. The zero-order chi connectivity index (χ0) is 21.7. The van der Waals surface area contributed by atoms with Crippen LogP contribution in [0.5, 0.6) is 5.75 Å². The number of aromatic nitrogens is 3. The number of thiazole rings is 1. The van der Waals surface area contributed by atoms with Crippen molar-refractivity contribution < 1.29 is 9.53 Å². The van der Waals surface area contributed by atoms with E-state index in [-0.39, 0.29) is 11.5 Å². The maximum Gasteiger partial charge on any atom is 0.291 e. The molecule has 4 aromatic rings. The van der Waals surface area contributed by atoms with Crippen molar-refractivity contribution in [3.8, 4) is 17.1 Å². The number of fused-ring (bicyclic) bond motifs is 2. The highest BCUT2D eigenvalue weighted by molar-refractivity contribution is 9.10. The molecule has 0 saturated carbocycles. The van der Waals surface area contributed by atoms with E-state index in [2.05, 4.69) is 32.9 Å². The quantitative estimate of drug-likeness (QED) is 0.433. The lowest BCUT2D eigenvalue weighted by Crippen LogP contribution is -2.30. The average molecular weight is 497 g/mol. The van der Waals surface area contributed by atoms with Crippen LogP contribution in [0.25, 0.3) is 21.9 Å². The molecule has 0 N–H and O–H groups in total. The van der Waals surface area contributed by atoms with E-state index in [0.717, 1.165) is 33.5 Å². The van der Waals surface area contributed by atoms with E-state index >= 15 is 0 Å². The van der Waals surface area contributed by atoms with Crippen molar-refractivity contribution in [1.82, 2.24) is 14.6 Å². The van der Waals surface area contributed by atoms with Gasteiger partial charge >= 0.3 is 0 Å². The summed E-state index contributed by atoms with van der Waals surface area (Å²) in [5.41, 5.74) is 2.34. The van der Waals surface area contributed by atoms with Crippen LogP contribution in [0.15, 0.2) is 51.7 Å². The van der Waals surface area contributed by atoms with Crippen LogP contribution in [-0.2, 0) is 4.79 Å². The van der Waals surface area contributed by atoms with Crippen LogP contribution in [0.1, 0.15) is 18.9 Å². The summed E-state index contributed by atoms with van der Waals surface area (Å²) in [5, 5.41) is 4.40. The molecule has 7 nitrogen and oxygen atoms in total. The number of amides is 1. The molecule has 2 aromatic carbocycles. The van der Waals surface area contributed by atoms with Crippen molar-refractivity contribution in [2.75, 3.05) is 18.6 Å². The second-order valence-corrected chi connectivity index (χ2v) is 9.03. The lowest BCUT2D eigenvalue weighted by molar-refractivity contribution is -0.112. The van der Waals surface area contributed by atoms with E-state index in [1.165, 1.54) is 15.9 Å². The molecule has 1 aliphatic rings. The molecule has 1 aliphatic heterocycles. The summed E-state index contributed by atoms with van der Waals surface area (Å²) < 4.78 is 8.06. The van der Waals surface area contributed by atoms with E-state index in [9.17, 15) is 9.59 Å². The van der Waals surface area contributed by atoms with Crippen LogP contribution in [0, 0.1) is 0 Å². The molecule has 156 valence electrons. The van der Waals surface area contributed by atoms with Gasteiger partial charge in [0.1, 0.15) is 10.3 Å². The Morgan fingerprint density at radius 1 is 1.13 bits per heavy atom. The van der Waals surface area contributed by atoms with E-state index in [1.807, 2.05) is 42.5 Å². The second-order valence-electron chi connectivity index (χ2n) is 7.14. The predicted molar refractivity (Wildman–Crippen MR) is 124 cm³/mol. The minimum absolute atomic E-state index is 0.211. The van der Waals surface area contributed by atoms with Gasteiger partial charge in [0.25, 0.3) is 11.5 Å². The van der Waals surface area contributed by atoms with Gasteiger partial charge in [-0.15, -0.1) is 5.10 Å². The van der Waals surface area contributed by atoms with Gasteiger partial charge in [0, 0.05) is 22.6 Å². The topological polar surface area (TPSA) is 76.8 Å². The van der Waals surface area contributed by atoms with Crippen LogP contribution in [0.2, 0.25) is 0 Å². The van der Waals surface area contributed by atoms with E-state index in [0.29, 0.717) is 27.5 Å². The fourth-order valence-corrected chi connectivity index (χ4v) is 4.90. The molecule has 0 fully saturated rings. The Kier molecular flexibility index (Phi) is 4.86. The first kappa shape index (κ1) is 19.9. The summed E-state index contributed by atoms with van der Waals surface area (Å²) in [7, 11) is 1.70. The fourth-order valence-electron chi connectivity index (χ4n) is 3.54. The number of ether oxygens (including phenoxy) is 1. The van der Waals surface area contributed by atoms with E-state index < -0.39 is 0 Å². The molecule has 0 bridgehead atoms. The molecule has 9 heteroatoms. The Hall–Kier alpha value is -3.04. The number of carbonyl (C=O) groups excluding carboxylic acids is 1. The lowest BCUT2D eigenvalue weighted by atomic mass is 10.1. The average Bonchev–Trinajstić information content (AvgIpc) is 3.39. The van der Waals surface area contributed by atoms with Crippen LogP contribution >= 0.6 is 27.3 Å². The molecule has 0 saturated heterocycles. The normalized spacial score (nSPS) is 15.1. The van der Waals surface area contributed by atoms with Gasteiger partial charge in [-0.2, -0.15) is 9.50 Å². The molecule has 3 heterocycles. The number of carbonyl (C=O) groups is 1. The van der Waals surface area contributed by atoms with Crippen molar-refractivity contribution in [1.29, 1.82) is 0 Å².